The number of thiophene rings is 1. The van der Waals surface area contributed by atoms with Gasteiger partial charge in [-0.15, -0.1) is 11.3 Å². The van der Waals surface area contributed by atoms with Crippen molar-refractivity contribution < 1.29 is 0 Å². The number of aryl methyl sites for hydroxylation is 1. The Kier molecular flexibility index (Phi) is 3.33. The van der Waals surface area contributed by atoms with E-state index in [-0.39, 0.29) is 0 Å². The van der Waals surface area contributed by atoms with Crippen LogP contribution in [0, 0.1) is 13.8 Å². The van der Waals surface area contributed by atoms with Gasteiger partial charge < -0.3 is 0 Å². The Morgan fingerprint density at radius 1 is 1.33 bits per heavy atom. The lowest BCUT2D eigenvalue weighted by Gasteiger charge is -2.01. The SMILES string of the molecule is Cc1nn(Cc2ccc(Br)s2)c(C)c1Br. The van der Waals surface area contributed by atoms with Gasteiger partial charge in [0.2, 0.25) is 0 Å². The summed E-state index contributed by atoms with van der Waals surface area (Å²) in [6.07, 6.45) is 0. The normalized spacial score (nSPS) is 10.9. The first-order valence-corrected chi connectivity index (χ1v) is 6.92. The van der Waals surface area contributed by atoms with Crippen LogP contribution in [0.5, 0.6) is 0 Å². The van der Waals surface area contributed by atoms with Crippen LogP contribution in [0.4, 0.5) is 0 Å². The van der Waals surface area contributed by atoms with Gasteiger partial charge in [-0.1, -0.05) is 0 Å². The van der Waals surface area contributed by atoms with Crippen molar-refractivity contribution >= 4 is 43.2 Å². The van der Waals surface area contributed by atoms with E-state index in [1.165, 1.54) is 10.6 Å². The van der Waals surface area contributed by atoms with Crippen molar-refractivity contribution in [1.29, 1.82) is 0 Å². The van der Waals surface area contributed by atoms with Crippen LogP contribution >= 0.6 is 43.2 Å². The molecule has 2 heterocycles. The average Bonchev–Trinajstić information content (AvgIpc) is 2.68. The molecule has 0 aliphatic carbocycles. The van der Waals surface area contributed by atoms with Crippen molar-refractivity contribution in [3.05, 3.63) is 36.7 Å². The summed E-state index contributed by atoms with van der Waals surface area (Å²) in [4.78, 5) is 1.31. The Balaban J connectivity index is 2.28. The van der Waals surface area contributed by atoms with Gasteiger partial charge in [0, 0.05) is 4.88 Å². The van der Waals surface area contributed by atoms with E-state index in [2.05, 4.69) is 56.0 Å². The molecule has 2 nitrogen and oxygen atoms in total. The molecule has 0 aliphatic rings. The molecular formula is C10H10Br2N2S. The van der Waals surface area contributed by atoms with Crippen molar-refractivity contribution in [2.45, 2.75) is 20.4 Å². The molecule has 0 amide bonds. The van der Waals surface area contributed by atoms with Crippen molar-refractivity contribution in [3.8, 4) is 0 Å². The highest BCUT2D eigenvalue weighted by Crippen LogP contribution is 2.25. The first-order chi connectivity index (χ1) is 7.08. The summed E-state index contributed by atoms with van der Waals surface area (Å²) in [5, 5.41) is 4.48. The maximum atomic E-state index is 4.48. The van der Waals surface area contributed by atoms with E-state index in [0.29, 0.717) is 0 Å². The third kappa shape index (κ3) is 2.34. The van der Waals surface area contributed by atoms with E-state index in [1.807, 2.05) is 11.6 Å². The van der Waals surface area contributed by atoms with Crippen LogP contribution in [0.1, 0.15) is 16.3 Å². The molecule has 0 saturated heterocycles. The molecule has 0 N–H and O–H groups in total. The molecule has 0 aromatic carbocycles. The Bertz CT molecular complexity index is 488. The van der Waals surface area contributed by atoms with Crippen LogP contribution in [-0.2, 0) is 6.54 Å². The first-order valence-electron chi connectivity index (χ1n) is 4.51. The maximum Gasteiger partial charge on any atom is 0.0756 e. The lowest BCUT2D eigenvalue weighted by molar-refractivity contribution is 0.665. The summed E-state index contributed by atoms with van der Waals surface area (Å²) in [7, 11) is 0. The second-order valence-electron chi connectivity index (χ2n) is 3.35. The Morgan fingerprint density at radius 3 is 2.53 bits per heavy atom. The van der Waals surface area contributed by atoms with E-state index in [0.717, 1.165) is 20.5 Å². The standard InChI is InChI=1S/C10H10Br2N2S/c1-6-10(12)7(2)14(13-6)5-8-3-4-9(11)15-8/h3-4H,5H2,1-2H3. The van der Waals surface area contributed by atoms with Crippen LogP contribution in [0.2, 0.25) is 0 Å². The molecular weight excluding hydrogens is 340 g/mol. The van der Waals surface area contributed by atoms with E-state index < -0.39 is 0 Å². The van der Waals surface area contributed by atoms with Gasteiger partial charge in [0.25, 0.3) is 0 Å². The number of hydrogen-bond donors (Lipinski definition) is 0. The maximum absolute atomic E-state index is 4.48. The second-order valence-corrected chi connectivity index (χ2v) is 6.69. The number of halogens is 2. The third-order valence-electron chi connectivity index (χ3n) is 2.23. The van der Waals surface area contributed by atoms with E-state index in [4.69, 9.17) is 0 Å². The zero-order valence-corrected chi connectivity index (χ0v) is 12.4. The largest absolute Gasteiger partial charge is 0.263 e. The van der Waals surface area contributed by atoms with Crippen LogP contribution in [0.25, 0.3) is 0 Å². The van der Waals surface area contributed by atoms with Gasteiger partial charge in [0.15, 0.2) is 0 Å². The molecule has 0 atom stereocenters. The summed E-state index contributed by atoms with van der Waals surface area (Å²) in [6.45, 7) is 4.93. The molecule has 2 rings (SSSR count). The summed E-state index contributed by atoms with van der Waals surface area (Å²) in [5.41, 5.74) is 2.22. The van der Waals surface area contributed by atoms with Gasteiger partial charge in [-0.05, 0) is 57.8 Å². The molecule has 2 aromatic rings. The number of nitrogens with zero attached hydrogens (tertiary/aromatic N) is 2. The van der Waals surface area contributed by atoms with Gasteiger partial charge >= 0.3 is 0 Å². The highest BCUT2D eigenvalue weighted by atomic mass is 79.9. The molecule has 0 aliphatic heterocycles. The number of rotatable bonds is 2. The second kappa shape index (κ2) is 4.39. The van der Waals surface area contributed by atoms with Crippen molar-refractivity contribution in [2.24, 2.45) is 0 Å². The predicted octanol–water partition coefficient (Wildman–Crippen LogP) is 4.13. The topological polar surface area (TPSA) is 17.8 Å². The van der Waals surface area contributed by atoms with Crippen LogP contribution in [-0.4, -0.2) is 9.78 Å². The lowest BCUT2D eigenvalue weighted by Crippen LogP contribution is -2.02. The fourth-order valence-corrected chi connectivity index (χ4v) is 3.16. The van der Waals surface area contributed by atoms with E-state index in [1.54, 1.807) is 11.3 Å². The van der Waals surface area contributed by atoms with E-state index >= 15 is 0 Å². The fourth-order valence-electron chi connectivity index (χ4n) is 1.41. The van der Waals surface area contributed by atoms with Gasteiger partial charge in [-0.3, -0.25) is 4.68 Å². The minimum atomic E-state index is 0.842. The van der Waals surface area contributed by atoms with Crippen LogP contribution in [0.3, 0.4) is 0 Å². The molecule has 0 spiro atoms. The molecule has 0 radical (unpaired) electrons. The van der Waals surface area contributed by atoms with Crippen LogP contribution < -0.4 is 0 Å². The molecule has 0 bridgehead atoms. The predicted molar refractivity (Wildman–Crippen MR) is 70.5 cm³/mol. The summed E-state index contributed by atoms with van der Waals surface area (Å²) in [6, 6.07) is 4.19. The van der Waals surface area contributed by atoms with Gasteiger partial charge in [0.1, 0.15) is 0 Å². The smallest absolute Gasteiger partial charge is 0.0756 e. The summed E-state index contributed by atoms with van der Waals surface area (Å²) >= 11 is 8.74. The molecule has 15 heavy (non-hydrogen) atoms. The summed E-state index contributed by atoms with van der Waals surface area (Å²) < 4.78 is 4.30. The monoisotopic (exact) mass is 348 g/mol. The van der Waals surface area contributed by atoms with Gasteiger partial charge in [0.05, 0.1) is 26.2 Å². The number of hydrogen-bond acceptors (Lipinski definition) is 2. The molecule has 2 aromatic heterocycles. The minimum Gasteiger partial charge on any atom is -0.263 e. The lowest BCUT2D eigenvalue weighted by atomic mass is 10.4. The summed E-state index contributed by atoms with van der Waals surface area (Å²) in [5.74, 6) is 0. The van der Waals surface area contributed by atoms with Crippen LogP contribution in [0.15, 0.2) is 20.4 Å². The fraction of sp³-hybridized carbons (Fsp3) is 0.300. The zero-order chi connectivity index (χ0) is 11.0. The van der Waals surface area contributed by atoms with Crippen molar-refractivity contribution in [2.75, 3.05) is 0 Å². The molecule has 0 saturated carbocycles. The molecule has 0 fully saturated rings. The minimum absolute atomic E-state index is 0.842. The van der Waals surface area contributed by atoms with Gasteiger partial charge in [-0.25, -0.2) is 0 Å². The van der Waals surface area contributed by atoms with Crippen molar-refractivity contribution in [1.82, 2.24) is 9.78 Å². The highest BCUT2D eigenvalue weighted by molar-refractivity contribution is 9.11. The quantitative estimate of drug-likeness (QED) is 0.796. The Labute approximate surface area is 110 Å². The van der Waals surface area contributed by atoms with Crippen molar-refractivity contribution in [3.63, 3.8) is 0 Å². The molecule has 80 valence electrons. The van der Waals surface area contributed by atoms with E-state index in [9.17, 15) is 0 Å². The first kappa shape index (κ1) is 11.4. The third-order valence-corrected chi connectivity index (χ3v) is 4.98. The molecule has 0 unspecified atom stereocenters. The Hall–Kier alpha value is -0.130. The zero-order valence-electron chi connectivity index (χ0n) is 8.42. The molecule has 5 heteroatoms. The average molecular weight is 350 g/mol. The Morgan fingerprint density at radius 2 is 2.07 bits per heavy atom. The highest BCUT2D eigenvalue weighted by Gasteiger charge is 2.09. The van der Waals surface area contributed by atoms with Gasteiger partial charge in [-0.2, -0.15) is 5.10 Å². The number of aromatic nitrogens is 2.